The van der Waals surface area contributed by atoms with E-state index >= 15 is 0 Å². The van der Waals surface area contributed by atoms with Crippen molar-refractivity contribution in [1.29, 1.82) is 0 Å². The number of amides is 2. The molecule has 1 N–H and O–H groups in total. The summed E-state index contributed by atoms with van der Waals surface area (Å²) in [5, 5.41) is 7.12. The van der Waals surface area contributed by atoms with Crippen LogP contribution in [-0.4, -0.2) is 50.6 Å². The van der Waals surface area contributed by atoms with Gasteiger partial charge in [-0.1, -0.05) is 31.4 Å². The normalized spacial score (nSPS) is 19.6. The summed E-state index contributed by atoms with van der Waals surface area (Å²) in [6.45, 7) is 0. The van der Waals surface area contributed by atoms with Gasteiger partial charge in [-0.3, -0.25) is 9.59 Å². The summed E-state index contributed by atoms with van der Waals surface area (Å²) in [4.78, 5) is 32.4. The van der Waals surface area contributed by atoms with Gasteiger partial charge in [-0.2, -0.15) is 5.10 Å². The van der Waals surface area contributed by atoms with Gasteiger partial charge < -0.3 is 10.2 Å². The fourth-order valence-electron chi connectivity index (χ4n) is 3.85. The lowest BCUT2D eigenvalue weighted by molar-refractivity contribution is 0.0701. The van der Waals surface area contributed by atoms with E-state index in [1.54, 1.807) is 23.1 Å². The number of carbonyl (C=O) groups excluding carboxylic acids is 2. The molecule has 7 nitrogen and oxygen atoms in total. The molecule has 2 aliphatic rings. The van der Waals surface area contributed by atoms with E-state index in [-0.39, 0.29) is 17.9 Å². The zero-order valence-corrected chi connectivity index (χ0v) is 17.3. The summed E-state index contributed by atoms with van der Waals surface area (Å²) < 4.78 is 1.69. The van der Waals surface area contributed by atoms with Crippen LogP contribution in [0.2, 0.25) is 0 Å². The third-order valence-corrected chi connectivity index (χ3v) is 6.64. The van der Waals surface area contributed by atoms with Crippen molar-refractivity contribution in [3.8, 4) is 0 Å². The van der Waals surface area contributed by atoms with Crippen molar-refractivity contribution in [2.24, 2.45) is 0 Å². The van der Waals surface area contributed by atoms with Crippen LogP contribution in [0, 0.1) is 0 Å². The smallest absolute Gasteiger partial charge is 0.263 e. The van der Waals surface area contributed by atoms with Crippen LogP contribution in [0.25, 0.3) is 5.70 Å². The van der Waals surface area contributed by atoms with E-state index in [4.69, 9.17) is 0 Å². The Hall–Kier alpha value is -2.74. The van der Waals surface area contributed by atoms with Crippen molar-refractivity contribution in [1.82, 2.24) is 25.0 Å². The van der Waals surface area contributed by atoms with Crippen LogP contribution in [0.3, 0.4) is 0 Å². The summed E-state index contributed by atoms with van der Waals surface area (Å²) >= 11 is 1.26. The SMILES string of the molecule is CN(C(=O)c1ccc(C(=O)NC2C=CC(n3cncn3)=CC2)s1)C1CCCCC1. The first-order valence-corrected chi connectivity index (χ1v) is 10.8. The minimum Gasteiger partial charge on any atom is -0.345 e. The summed E-state index contributed by atoms with van der Waals surface area (Å²) in [7, 11) is 1.88. The molecule has 2 aromatic rings. The van der Waals surface area contributed by atoms with Gasteiger partial charge in [0.15, 0.2) is 0 Å². The van der Waals surface area contributed by atoms with Crippen LogP contribution in [-0.2, 0) is 0 Å². The molecule has 8 heteroatoms. The lowest BCUT2D eigenvalue weighted by atomic mass is 9.94. The van der Waals surface area contributed by atoms with Gasteiger partial charge in [0.2, 0.25) is 0 Å². The maximum atomic E-state index is 12.8. The summed E-state index contributed by atoms with van der Waals surface area (Å²) in [5.41, 5.74) is 0.933. The highest BCUT2D eigenvalue weighted by Gasteiger charge is 2.25. The van der Waals surface area contributed by atoms with Crippen LogP contribution in [0.1, 0.15) is 57.9 Å². The molecule has 2 heterocycles. The molecule has 4 rings (SSSR count). The molecule has 29 heavy (non-hydrogen) atoms. The number of nitrogens with one attached hydrogen (secondary N) is 1. The second-order valence-electron chi connectivity index (χ2n) is 7.52. The minimum atomic E-state index is -0.151. The van der Waals surface area contributed by atoms with Crippen molar-refractivity contribution in [2.45, 2.75) is 50.6 Å². The molecule has 1 fully saturated rings. The lowest BCUT2D eigenvalue weighted by Crippen LogP contribution is -2.37. The molecule has 2 amide bonds. The number of hydrogen-bond acceptors (Lipinski definition) is 5. The first-order valence-electron chi connectivity index (χ1n) is 10.0. The zero-order valence-electron chi connectivity index (χ0n) is 16.5. The maximum absolute atomic E-state index is 12.8. The number of hydrogen-bond donors (Lipinski definition) is 1. The Balaban J connectivity index is 1.34. The summed E-state index contributed by atoms with van der Waals surface area (Å²) in [5.74, 6) is -0.138. The van der Waals surface area contributed by atoms with Crippen molar-refractivity contribution in [3.63, 3.8) is 0 Å². The molecule has 1 unspecified atom stereocenters. The van der Waals surface area contributed by atoms with Gasteiger partial charge in [-0.25, -0.2) is 9.67 Å². The first kappa shape index (κ1) is 19.6. The van der Waals surface area contributed by atoms with E-state index < -0.39 is 0 Å². The molecular weight excluding hydrogens is 386 g/mol. The third-order valence-electron chi connectivity index (χ3n) is 5.56. The van der Waals surface area contributed by atoms with Crippen LogP contribution in [0.4, 0.5) is 0 Å². The standard InChI is InChI=1S/C21H25N5O2S/c1-25(16-5-3-2-4-6-16)21(28)19-12-11-18(29-19)20(27)24-15-7-9-17(10-8-15)26-14-22-13-23-26/h7,9-16H,2-6,8H2,1H3,(H,24,27). The van der Waals surface area contributed by atoms with Crippen molar-refractivity contribution >= 4 is 28.8 Å². The number of rotatable bonds is 5. The Bertz CT molecular complexity index is 925. The van der Waals surface area contributed by atoms with Gasteiger partial charge in [-0.05, 0) is 37.5 Å². The highest BCUT2D eigenvalue weighted by Crippen LogP contribution is 2.25. The average Bonchev–Trinajstić information content (AvgIpc) is 3.46. The van der Waals surface area contributed by atoms with Gasteiger partial charge in [0.25, 0.3) is 11.8 Å². The fourth-order valence-corrected chi connectivity index (χ4v) is 4.74. The van der Waals surface area contributed by atoms with E-state index in [9.17, 15) is 9.59 Å². The number of carbonyl (C=O) groups is 2. The van der Waals surface area contributed by atoms with Gasteiger partial charge in [0.1, 0.15) is 12.7 Å². The molecule has 0 aromatic carbocycles. The van der Waals surface area contributed by atoms with Crippen LogP contribution >= 0.6 is 11.3 Å². The number of aromatic nitrogens is 3. The fraction of sp³-hybridized carbons (Fsp3) is 0.429. The van der Waals surface area contributed by atoms with Crippen molar-refractivity contribution in [2.75, 3.05) is 7.05 Å². The number of nitrogens with zero attached hydrogens (tertiary/aromatic N) is 4. The Morgan fingerprint density at radius 2 is 2.00 bits per heavy atom. The summed E-state index contributed by atoms with van der Waals surface area (Å²) in [6.07, 6.45) is 15.5. The highest BCUT2D eigenvalue weighted by molar-refractivity contribution is 7.15. The predicted octanol–water partition coefficient (Wildman–Crippen LogP) is 3.34. The van der Waals surface area contributed by atoms with E-state index in [1.807, 2.05) is 30.2 Å². The molecule has 1 atom stereocenters. The molecule has 0 aliphatic heterocycles. The average molecular weight is 412 g/mol. The van der Waals surface area contributed by atoms with Gasteiger partial charge >= 0.3 is 0 Å². The molecule has 0 saturated heterocycles. The summed E-state index contributed by atoms with van der Waals surface area (Å²) in [6, 6.07) is 3.74. The second kappa shape index (κ2) is 8.73. The molecule has 1 saturated carbocycles. The molecule has 0 bridgehead atoms. The van der Waals surface area contributed by atoms with E-state index in [0.29, 0.717) is 22.2 Å². The Morgan fingerprint density at radius 1 is 1.21 bits per heavy atom. The van der Waals surface area contributed by atoms with Crippen LogP contribution < -0.4 is 5.32 Å². The number of thiophene rings is 1. The maximum Gasteiger partial charge on any atom is 0.263 e. The molecule has 152 valence electrons. The minimum absolute atomic E-state index is 0.0129. The van der Waals surface area contributed by atoms with E-state index in [2.05, 4.69) is 15.4 Å². The molecular formula is C21H25N5O2S. The second-order valence-corrected chi connectivity index (χ2v) is 8.60. The number of allylic oxidation sites excluding steroid dienone is 2. The largest absolute Gasteiger partial charge is 0.345 e. The molecule has 0 spiro atoms. The zero-order chi connectivity index (χ0) is 20.2. The molecule has 2 aliphatic carbocycles. The molecule has 2 aromatic heterocycles. The van der Waals surface area contributed by atoms with E-state index in [1.165, 1.54) is 36.9 Å². The van der Waals surface area contributed by atoms with E-state index in [0.717, 1.165) is 18.5 Å². The van der Waals surface area contributed by atoms with Crippen LogP contribution in [0.15, 0.2) is 43.0 Å². The Morgan fingerprint density at radius 3 is 2.69 bits per heavy atom. The Kier molecular flexibility index (Phi) is 5.89. The topological polar surface area (TPSA) is 80.1 Å². The van der Waals surface area contributed by atoms with Crippen molar-refractivity contribution in [3.05, 3.63) is 52.8 Å². The molecule has 0 radical (unpaired) electrons. The lowest BCUT2D eigenvalue weighted by Gasteiger charge is -2.30. The predicted molar refractivity (Wildman–Crippen MR) is 113 cm³/mol. The highest BCUT2D eigenvalue weighted by atomic mass is 32.1. The monoisotopic (exact) mass is 411 g/mol. The quantitative estimate of drug-likeness (QED) is 0.818. The third kappa shape index (κ3) is 4.48. The van der Waals surface area contributed by atoms with Gasteiger partial charge in [-0.15, -0.1) is 11.3 Å². The van der Waals surface area contributed by atoms with Gasteiger partial charge in [0, 0.05) is 13.1 Å². The van der Waals surface area contributed by atoms with Crippen LogP contribution in [0.5, 0.6) is 0 Å². The van der Waals surface area contributed by atoms with Gasteiger partial charge in [0.05, 0.1) is 21.5 Å². The Labute approximate surface area is 174 Å². The van der Waals surface area contributed by atoms with Crippen molar-refractivity contribution < 1.29 is 9.59 Å². The first-order chi connectivity index (χ1) is 14.1.